The zero-order chi connectivity index (χ0) is 23.5. The Kier molecular flexibility index (Phi) is 6.56. The fraction of sp³-hybridized carbons (Fsp3) is 0.185. The van der Waals surface area contributed by atoms with Crippen LogP contribution in [0.25, 0.3) is 0 Å². The highest BCUT2D eigenvalue weighted by Crippen LogP contribution is 2.38. The second kappa shape index (κ2) is 9.55. The topological polar surface area (TPSA) is 58.6 Å². The van der Waals surface area contributed by atoms with E-state index >= 15 is 0 Å². The molecule has 1 heterocycles. The maximum absolute atomic E-state index is 13.5. The summed E-state index contributed by atoms with van der Waals surface area (Å²) in [5, 5.41) is 3.25. The molecule has 3 aromatic rings. The summed E-state index contributed by atoms with van der Waals surface area (Å²) >= 11 is 1.30. The lowest BCUT2D eigenvalue weighted by Gasteiger charge is -2.16. The first-order chi connectivity index (χ1) is 15.9. The third kappa shape index (κ3) is 4.81. The molecule has 1 aliphatic rings. The third-order valence-corrected chi connectivity index (χ3v) is 6.42. The van der Waals surface area contributed by atoms with Crippen molar-refractivity contribution in [1.82, 2.24) is 0 Å². The maximum Gasteiger partial charge on any atom is 0.283 e. The molecule has 168 valence electrons. The van der Waals surface area contributed by atoms with Gasteiger partial charge in [0.2, 0.25) is 0 Å². The van der Waals surface area contributed by atoms with Crippen molar-refractivity contribution in [3.8, 4) is 5.75 Å². The molecule has 0 aliphatic carbocycles. The number of carbonyl (C=O) groups is 2. The minimum Gasteiger partial charge on any atom is -0.494 e. The van der Waals surface area contributed by atoms with Crippen molar-refractivity contribution in [1.29, 1.82) is 0 Å². The lowest BCUT2D eigenvalue weighted by molar-refractivity contribution is -0.120. The van der Waals surface area contributed by atoms with Crippen LogP contribution in [0, 0.1) is 20.8 Å². The molecule has 0 fully saturated rings. The predicted molar refractivity (Wildman–Crippen MR) is 134 cm³/mol. The van der Waals surface area contributed by atoms with Gasteiger partial charge in [0.1, 0.15) is 16.4 Å². The van der Waals surface area contributed by atoms with Gasteiger partial charge in [-0.2, -0.15) is 0 Å². The van der Waals surface area contributed by atoms with E-state index in [2.05, 4.69) is 5.32 Å². The number of amides is 2. The van der Waals surface area contributed by atoms with Crippen molar-refractivity contribution in [2.45, 2.75) is 32.6 Å². The molecule has 0 bridgehead atoms. The van der Waals surface area contributed by atoms with E-state index in [1.54, 1.807) is 24.3 Å². The molecule has 6 heteroatoms. The Bertz CT molecular complexity index is 1230. The van der Waals surface area contributed by atoms with Crippen molar-refractivity contribution < 1.29 is 14.3 Å². The number of anilines is 2. The Morgan fingerprint density at radius 1 is 0.848 bits per heavy atom. The molecular weight excluding hydrogens is 432 g/mol. The van der Waals surface area contributed by atoms with Crippen LogP contribution in [0.4, 0.5) is 11.4 Å². The number of thioether (sulfide) groups is 1. The number of carbonyl (C=O) groups excluding carboxylic acids is 2. The summed E-state index contributed by atoms with van der Waals surface area (Å²) in [6, 6.07) is 20.8. The van der Waals surface area contributed by atoms with E-state index in [9.17, 15) is 9.59 Å². The van der Waals surface area contributed by atoms with Gasteiger partial charge in [-0.3, -0.25) is 9.59 Å². The molecule has 4 rings (SSSR count). The van der Waals surface area contributed by atoms with Crippen molar-refractivity contribution >= 4 is 35.0 Å². The smallest absolute Gasteiger partial charge is 0.283 e. The molecule has 0 aromatic heterocycles. The van der Waals surface area contributed by atoms with E-state index in [0.717, 1.165) is 27.3 Å². The largest absolute Gasteiger partial charge is 0.494 e. The molecule has 0 unspecified atom stereocenters. The van der Waals surface area contributed by atoms with Crippen LogP contribution in [-0.2, 0) is 9.59 Å². The molecule has 1 N–H and O–H groups in total. The van der Waals surface area contributed by atoms with E-state index in [4.69, 9.17) is 4.74 Å². The van der Waals surface area contributed by atoms with Gasteiger partial charge < -0.3 is 10.1 Å². The fourth-order valence-corrected chi connectivity index (χ4v) is 4.55. The lowest BCUT2D eigenvalue weighted by Crippen LogP contribution is -2.32. The van der Waals surface area contributed by atoms with Crippen molar-refractivity contribution in [2.75, 3.05) is 16.8 Å². The number of hydrogen-bond donors (Lipinski definition) is 1. The van der Waals surface area contributed by atoms with Crippen molar-refractivity contribution in [2.24, 2.45) is 0 Å². The number of aryl methyl sites for hydroxylation is 3. The SMILES string of the molecule is CCOc1ccc(N2C(=O)C(Nc3ccc(C)cc3C)=C(Sc3ccc(C)cc3)C2=O)cc1. The standard InChI is InChI=1S/C27H26N2O3S/c1-5-32-21-11-9-20(10-12-21)29-26(30)24(28-23-15-8-18(3)16-19(23)4)25(27(29)31)33-22-13-6-17(2)7-14-22/h6-16,28H,5H2,1-4H3. The molecule has 1 aliphatic heterocycles. The van der Waals surface area contributed by atoms with Gasteiger partial charge in [0, 0.05) is 10.6 Å². The van der Waals surface area contributed by atoms with Crippen LogP contribution in [0.2, 0.25) is 0 Å². The Balaban J connectivity index is 1.72. The number of imide groups is 1. The average Bonchev–Trinajstić information content (AvgIpc) is 3.02. The lowest BCUT2D eigenvalue weighted by atomic mass is 10.1. The Morgan fingerprint density at radius 3 is 2.15 bits per heavy atom. The highest BCUT2D eigenvalue weighted by molar-refractivity contribution is 8.04. The third-order valence-electron chi connectivity index (χ3n) is 5.33. The molecule has 3 aromatic carbocycles. The molecule has 0 atom stereocenters. The van der Waals surface area contributed by atoms with Crippen LogP contribution < -0.4 is 15.0 Å². The second-order valence-electron chi connectivity index (χ2n) is 7.94. The van der Waals surface area contributed by atoms with Crippen molar-refractivity contribution in [3.05, 3.63) is 94.0 Å². The van der Waals surface area contributed by atoms with Gasteiger partial charge in [0.25, 0.3) is 11.8 Å². The molecular formula is C27H26N2O3S. The summed E-state index contributed by atoms with van der Waals surface area (Å²) in [5.41, 5.74) is 4.85. The normalized spacial score (nSPS) is 13.6. The predicted octanol–water partition coefficient (Wildman–Crippen LogP) is 6.00. The molecule has 0 spiro atoms. The van der Waals surface area contributed by atoms with E-state index in [1.165, 1.54) is 16.7 Å². The molecule has 33 heavy (non-hydrogen) atoms. The quantitative estimate of drug-likeness (QED) is 0.440. The summed E-state index contributed by atoms with van der Waals surface area (Å²) in [4.78, 5) is 29.5. The molecule has 5 nitrogen and oxygen atoms in total. The van der Waals surface area contributed by atoms with E-state index < -0.39 is 0 Å². The van der Waals surface area contributed by atoms with E-state index in [1.807, 2.05) is 70.2 Å². The number of ether oxygens (including phenoxy) is 1. The molecule has 0 saturated heterocycles. The zero-order valence-electron chi connectivity index (χ0n) is 19.1. The van der Waals surface area contributed by atoms with Crippen LogP contribution in [0.3, 0.4) is 0 Å². The van der Waals surface area contributed by atoms with Crippen LogP contribution >= 0.6 is 11.8 Å². The Labute approximate surface area is 198 Å². The van der Waals surface area contributed by atoms with Gasteiger partial charge in [-0.1, -0.05) is 47.2 Å². The first kappa shape index (κ1) is 22.7. The number of nitrogens with one attached hydrogen (secondary N) is 1. The van der Waals surface area contributed by atoms with Gasteiger partial charge in [0.05, 0.1) is 12.3 Å². The van der Waals surface area contributed by atoms with Gasteiger partial charge in [-0.05, 0) is 75.7 Å². The number of rotatable bonds is 7. The minimum absolute atomic E-state index is 0.284. The first-order valence-electron chi connectivity index (χ1n) is 10.8. The monoisotopic (exact) mass is 458 g/mol. The summed E-state index contributed by atoms with van der Waals surface area (Å²) < 4.78 is 5.49. The summed E-state index contributed by atoms with van der Waals surface area (Å²) in [6.07, 6.45) is 0. The summed E-state index contributed by atoms with van der Waals surface area (Å²) in [7, 11) is 0. The van der Waals surface area contributed by atoms with Gasteiger partial charge in [-0.15, -0.1) is 0 Å². The highest BCUT2D eigenvalue weighted by atomic mass is 32.2. The molecule has 0 radical (unpaired) electrons. The Morgan fingerprint density at radius 2 is 1.52 bits per heavy atom. The van der Waals surface area contributed by atoms with Crippen molar-refractivity contribution in [3.63, 3.8) is 0 Å². The number of benzene rings is 3. The van der Waals surface area contributed by atoms with Gasteiger partial charge in [0.15, 0.2) is 0 Å². The highest BCUT2D eigenvalue weighted by Gasteiger charge is 2.40. The fourth-order valence-electron chi connectivity index (χ4n) is 3.62. The second-order valence-corrected chi connectivity index (χ2v) is 9.02. The van der Waals surface area contributed by atoms with Gasteiger partial charge in [-0.25, -0.2) is 4.90 Å². The average molecular weight is 459 g/mol. The number of hydrogen-bond acceptors (Lipinski definition) is 5. The van der Waals surface area contributed by atoms with Crippen LogP contribution in [0.1, 0.15) is 23.6 Å². The first-order valence-corrected chi connectivity index (χ1v) is 11.6. The Hall–Kier alpha value is -3.51. The van der Waals surface area contributed by atoms with Crippen LogP contribution in [0.15, 0.2) is 82.2 Å². The van der Waals surface area contributed by atoms with Crippen LogP contribution in [0.5, 0.6) is 5.75 Å². The maximum atomic E-state index is 13.5. The molecule has 2 amide bonds. The minimum atomic E-state index is -0.376. The number of nitrogens with zero attached hydrogens (tertiary/aromatic N) is 1. The zero-order valence-corrected chi connectivity index (χ0v) is 20.0. The van der Waals surface area contributed by atoms with E-state index in [0.29, 0.717) is 22.9 Å². The van der Waals surface area contributed by atoms with Gasteiger partial charge >= 0.3 is 0 Å². The molecule has 0 saturated carbocycles. The van der Waals surface area contributed by atoms with Crippen LogP contribution in [-0.4, -0.2) is 18.4 Å². The van der Waals surface area contributed by atoms with E-state index in [-0.39, 0.29) is 17.5 Å². The summed E-state index contributed by atoms with van der Waals surface area (Å²) in [5.74, 6) is -0.0306. The summed E-state index contributed by atoms with van der Waals surface area (Å²) in [6.45, 7) is 8.47.